The molecule has 1 N–H and O–H groups in total. The van der Waals surface area contributed by atoms with Crippen LogP contribution in [-0.2, 0) is 6.61 Å². The number of aryl methyl sites for hydroxylation is 1. The predicted molar refractivity (Wildman–Crippen MR) is 79.8 cm³/mol. The van der Waals surface area contributed by atoms with E-state index in [2.05, 4.69) is 31.2 Å². The van der Waals surface area contributed by atoms with Crippen molar-refractivity contribution in [3.63, 3.8) is 0 Å². The Morgan fingerprint density at radius 2 is 1.68 bits per heavy atom. The molecular weight excluding hydrogens is 256 g/mol. The minimum Gasteiger partial charge on any atom is -0.489 e. The molecule has 0 spiro atoms. The lowest BCUT2D eigenvalue weighted by Crippen LogP contribution is -1.95. The number of hydrogen-bond donors (Lipinski definition) is 1. The van der Waals surface area contributed by atoms with Gasteiger partial charge in [0, 0.05) is 10.6 Å². The van der Waals surface area contributed by atoms with Crippen LogP contribution < -0.4 is 4.74 Å². The molecule has 0 atom stereocenters. The molecule has 0 aliphatic carbocycles. The van der Waals surface area contributed by atoms with E-state index in [0.29, 0.717) is 6.61 Å². The van der Waals surface area contributed by atoms with Gasteiger partial charge < -0.3 is 9.84 Å². The molecule has 0 saturated heterocycles. The van der Waals surface area contributed by atoms with Crippen molar-refractivity contribution >= 4 is 11.8 Å². The second-order valence-corrected chi connectivity index (χ2v) is 5.49. The normalized spacial score (nSPS) is 10.4. The number of aliphatic hydroxyl groups excluding tert-OH is 1. The summed E-state index contributed by atoms with van der Waals surface area (Å²) in [6.45, 7) is 2.87. The Hall–Kier alpha value is -1.45. The number of aliphatic hydroxyl groups is 1. The van der Waals surface area contributed by atoms with E-state index in [4.69, 9.17) is 9.84 Å². The molecule has 0 unspecified atom stereocenters. The molecule has 0 bridgehead atoms. The van der Waals surface area contributed by atoms with Crippen molar-refractivity contribution in [1.29, 1.82) is 0 Å². The largest absolute Gasteiger partial charge is 0.489 e. The van der Waals surface area contributed by atoms with Gasteiger partial charge in [0.25, 0.3) is 0 Å². The van der Waals surface area contributed by atoms with E-state index in [1.54, 1.807) is 11.8 Å². The first-order valence-electron chi connectivity index (χ1n) is 6.30. The van der Waals surface area contributed by atoms with Gasteiger partial charge in [-0.15, -0.1) is 11.8 Å². The maximum atomic E-state index is 8.77. The van der Waals surface area contributed by atoms with Crippen LogP contribution in [0.5, 0.6) is 5.75 Å². The molecule has 3 heteroatoms. The molecular formula is C16H18O2S. The molecule has 0 aromatic heterocycles. The summed E-state index contributed by atoms with van der Waals surface area (Å²) >= 11 is 1.64. The van der Waals surface area contributed by atoms with Gasteiger partial charge in [-0.2, -0.15) is 0 Å². The first-order valence-corrected chi connectivity index (χ1v) is 7.28. The topological polar surface area (TPSA) is 29.5 Å². The van der Waals surface area contributed by atoms with Crippen LogP contribution in [0, 0.1) is 6.92 Å². The summed E-state index contributed by atoms with van der Waals surface area (Å²) in [4.78, 5) is 1.15. The van der Waals surface area contributed by atoms with E-state index in [1.165, 1.54) is 11.1 Å². The molecule has 2 aromatic carbocycles. The average molecular weight is 274 g/mol. The van der Waals surface area contributed by atoms with Crippen molar-refractivity contribution in [2.75, 3.05) is 12.4 Å². The van der Waals surface area contributed by atoms with Gasteiger partial charge in [-0.05, 0) is 36.8 Å². The second kappa shape index (κ2) is 7.22. The van der Waals surface area contributed by atoms with Gasteiger partial charge in [0.15, 0.2) is 0 Å². The van der Waals surface area contributed by atoms with Crippen LogP contribution in [0.3, 0.4) is 0 Å². The average Bonchev–Trinajstić information content (AvgIpc) is 2.46. The number of benzene rings is 2. The third-order valence-corrected chi connectivity index (χ3v) is 3.70. The van der Waals surface area contributed by atoms with Crippen molar-refractivity contribution in [1.82, 2.24) is 0 Å². The van der Waals surface area contributed by atoms with E-state index in [9.17, 15) is 0 Å². The summed E-state index contributed by atoms with van der Waals surface area (Å²) in [5.74, 6) is 1.60. The van der Waals surface area contributed by atoms with Crippen LogP contribution in [0.4, 0.5) is 0 Å². The smallest absolute Gasteiger partial charge is 0.119 e. The first-order chi connectivity index (χ1) is 9.28. The lowest BCUT2D eigenvalue weighted by molar-refractivity contribution is 0.306. The zero-order valence-corrected chi connectivity index (χ0v) is 11.8. The molecule has 2 aromatic rings. The fourth-order valence-electron chi connectivity index (χ4n) is 1.65. The Labute approximate surface area is 118 Å². The molecule has 0 aliphatic rings. The van der Waals surface area contributed by atoms with Gasteiger partial charge in [-0.1, -0.05) is 29.8 Å². The molecule has 2 nitrogen and oxygen atoms in total. The van der Waals surface area contributed by atoms with Crippen LogP contribution in [0.2, 0.25) is 0 Å². The predicted octanol–water partition coefficient (Wildman–Crippen LogP) is 3.66. The van der Waals surface area contributed by atoms with Crippen LogP contribution in [-0.4, -0.2) is 17.5 Å². The van der Waals surface area contributed by atoms with Crippen molar-refractivity contribution in [2.24, 2.45) is 0 Å². The van der Waals surface area contributed by atoms with Crippen LogP contribution in [0.1, 0.15) is 11.1 Å². The number of thioether (sulfide) groups is 1. The maximum absolute atomic E-state index is 8.77. The zero-order valence-electron chi connectivity index (χ0n) is 11.0. The lowest BCUT2D eigenvalue weighted by atomic mass is 10.2. The molecule has 0 saturated carbocycles. The van der Waals surface area contributed by atoms with Gasteiger partial charge in [0.1, 0.15) is 12.4 Å². The summed E-state index contributed by atoms with van der Waals surface area (Å²) in [5.41, 5.74) is 2.43. The van der Waals surface area contributed by atoms with Gasteiger partial charge in [0.05, 0.1) is 6.61 Å². The molecule has 2 rings (SSSR count). The van der Waals surface area contributed by atoms with E-state index < -0.39 is 0 Å². The summed E-state index contributed by atoms with van der Waals surface area (Å²) in [6.07, 6.45) is 0. The van der Waals surface area contributed by atoms with Gasteiger partial charge >= 0.3 is 0 Å². The van der Waals surface area contributed by atoms with Crippen LogP contribution in [0.25, 0.3) is 0 Å². The fourth-order valence-corrected chi connectivity index (χ4v) is 2.30. The van der Waals surface area contributed by atoms with E-state index in [0.717, 1.165) is 16.4 Å². The van der Waals surface area contributed by atoms with Crippen LogP contribution >= 0.6 is 11.8 Å². The van der Waals surface area contributed by atoms with E-state index in [1.807, 2.05) is 24.3 Å². The zero-order chi connectivity index (χ0) is 13.5. The van der Waals surface area contributed by atoms with Crippen LogP contribution in [0.15, 0.2) is 53.4 Å². The summed E-state index contributed by atoms with van der Waals surface area (Å²) in [6, 6.07) is 16.3. The standard InChI is InChI=1S/C16H18O2S/c1-13-2-4-14(5-3-13)12-18-15-6-8-16(9-7-15)19-11-10-17/h2-9,17H,10-12H2,1H3. The highest BCUT2D eigenvalue weighted by atomic mass is 32.2. The minimum atomic E-state index is 0.205. The molecule has 0 amide bonds. The molecule has 0 heterocycles. The van der Waals surface area contributed by atoms with Crippen molar-refractivity contribution in [2.45, 2.75) is 18.4 Å². The lowest BCUT2D eigenvalue weighted by Gasteiger charge is -2.07. The third kappa shape index (κ3) is 4.62. The molecule has 0 radical (unpaired) electrons. The monoisotopic (exact) mass is 274 g/mol. The van der Waals surface area contributed by atoms with Gasteiger partial charge in [-0.3, -0.25) is 0 Å². The Balaban J connectivity index is 1.87. The highest BCUT2D eigenvalue weighted by Crippen LogP contribution is 2.21. The Kier molecular flexibility index (Phi) is 5.31. The van der Waals surface area contributed by atoms with Crippen molar-refractivity contribution in [3.05, 3.63) is 59.7 Å². The quantitative estimate of drug-likeness (QED) is 0.815. The number of ether oxygens (including phenoxy) is 1. The molecule has 19 heavy (non-hydrogen) atoms. The van der Waals surface area contributed by atoms with Gasteiger partial charge in [0.2, 0.25) is 0 Å². The second-order valence-electron chi connectivity index (χ2n) is 4.32. The fraction of sp³-hybridized carbons (Fsp3) is 0.250. The highest BCUT2D eigenvalue weighted by Gasteiger charge is 1.98. The molecule has 0 aliphatic heterocycles. The first kappa shape index (κ1) is 14.0. The highest BCUT2D eigenvalue weighted by molar-refractivity contribution is 7.99. The Morgan fingerprint density at radius 1 is 1.00 bits per heavy atom. The van der Waals surface area contributed by atoms with E-state index in [-0.39, 0.29) is 6.61 Å². The Morgan fingerprint density at radius 3 is 2.32 bits per heavy atom. The molecule has 100 valence electrons. The third-order valence-electron chi connectivity index (χ3n) is 2.71. The van der Waals surface area contributed by atoms with Gasteiger partial charge in [-0.25, -0.2) is 0 Å². The van der Waals surface area contributed by atoms with Crippen molar-refractivity contribution in [3.8, 4) is 5.75 Å². The maximum Gasteiger partial charge on any atom is 0.119 e. The number of hydrogen-bond acceptors (Lipinski definition) is 3. The van der Waals surface area contributed by atoms with Crippen molar-refractivity contribution < 1.29 is 9.84 Å². The number of rotatable bonds is 6. The summed E-state index contributed by atoms with van der Waals surface area (Å²) < 4.78 is 5.73. The molecule has 0 fully saturated rings. The Bertz CT molecular complexity index is 491. The summed E-state index contributed by atoms with van der Waals surface area (Å²) in [5, 5.41) is 8.77. The SMILES string of the molecule is Cc1ccc(COc2ccc(SCCO)cc2)cc1. The minimum absolute atomic E-state index is 0.205. The summed E-state index contributed by atoms with van der Waals surface area (Å²) in [7, 11) is 0. The van der Waals surface area contributed by atoms with E-state index >= 15 is 0 Å².